The molecule has 6 nitrogen and oxygen atoms in total. The lowest BCUT2D eigenvalue weighted by Crippen LogP contribution is -2.06. The summed E-state index contributed by atoms with van der Waals surface area (Å²) >= 11 is 1.46. The van der Waals surface area contributed by atoms with Crippen LogP contribution in [0, 0.1) is 6.92 Å². The van der Waals surface area contributed by atoms with Gasteiger partial charge in [-0.25, -0.2) is 0 Å². The van der Waals surface area contributed by atoms with Gasteiger partial charge in [-0.15, -0.1) is 15.3 Å². The van der Waals surface area contributed by atoms with Gasteiger partial charge in [0.05, 0.1) is 11.9 Å². The van der Waals surface area contributed by atoms with Crippen LogP contribution in [0.5, 0.6) is 0 Å². The van der Waals surface area contributed by atoms with Crippen LogP contribution in [0.15, 0.2) is 6.20 Å². The third-order valence-electron chi connectivity index (χ3n) is 1.53. The number of aryl methyl sites for hydroxylation is 1. The highest BCUT2D eigenvalue weighted by Crippen LogP contribution is 2.13. The van der Waals surface area contributed by atoms with Crippen molar-refractivity contribution in [1.29, 1.82) is 0 Å². The molecule has 0 aliphatic rings. The zero-order chi connectivity index (χ0) is 9.26. The second-order valence-corrected chi connectivity index (χ2v) is 3.61. The van der Waals surface area contributed by atoms with Crippen LogP contribution in [0.3, 0.4) is 0 Å². The molecule has 2 rings (SSSR count). The fraction of sp³-hybridized carbons (Fsp3) is 0.333. The van der Waals surface area contributed by atoms with Gasteiger partial charge in [0.1, 0.15) is 5.01 Å². The van der Waals surface area contributed by atoms with E-state index in [2.05, 4.69) is 20.5 Å². The number of hydrogen-bond donors (Lipinski definition) is 1. The Bertz CT molecular complexity index is 405. The minimum absolute atomic E-state index is 0.394. The maximum absolute atomic E-state index is 5.49. The van der Waals surface area contributed by atoms with Crippen molar-refractivity contribution in [2.75, 3.05) is 0 Å². The molecule has 0 amide bonds. The standard InChI is InChI=1S/C6H8N6S/c1-4-9-10-6(13-4)12-5(2-7)3-8-11-12/h3H,2,7H2,1H3. The quantitative estimate of drug-likeness (QED) is 0.724. The third kappa shape index (κ3) is 1.43. The van der Waals surface area contributed by atoms with E-state index >= 15 is 0 Å². The molecule has 13 heavy (non-hydrogen) atoms. The van der Waals surface area contributed by atoms with Crippen molar-refractivity contribution in [3.8, 4) is 5.13 Å². The molecule has 0 saturated heterocycles. The van der Waals surface area contributed by atoms with E-state index < -0.39 is 0 Å². The Kier molecular flexibility index (Phi) is 2.03. The third-order valence-corrected chi connectivity index (χ3v) is 2.34. The van der Waals surface area contributed by atoms with Crippen LogP contribution in [0.2, 0.25) is 0 Å². The van der Waals surface area contributed by atoms with E-state index in [1.165, 1.54) is 11.3 Å². The number of aromatic nitrogens is 5. The Morgan fingerprint density at radius 1 is 1.54 bits per heavy atom. The molecule has 2 aromatic rings. The van der Waals surface area contributed by atoms with E-state index in [1.807, 2.05) is 6.92 Å². The van der Waals surface area contributed by atoms with Crippen LogP contribution in [-0.2, 0) is 6.54 Å². The molecule has 68 valence electrons. The van der Waals surface area contributed by atoms with E-state index in [0.717, 1.165) is 10.7 Å². The second kappa shape index (κ2) is 3.19. The number of nitrogens with two attached hydrogens (primary N) is 1. The van der Waals surface area contributed by atoms with Crippen molar-refractivity contribution < 1.29 is 0 Å². The summed E-state index contributed by atoms with van der Waals surface area (Å²) in [6.45, 7) is 2.28. The van der Waals surface area contributed by atoms with Crippen LogP contribution >= 0.6 is 11.3 Å². The van der Waals surface area contributed by atoms with Gasteiger partial charge in [-0.1, -0.05) is 16.6 Å². The fourth-order valence-corrected chi connectivity index (χ4v) is 1.60. The Morgan fingerprint density at radius 3 is 3.00 bits per heavy atom. The van der Waals surface area contributed by atoms with E-state index in [-0.39, 0.29) is 0 Å². The number of rotatable bonds is 2. The fourth-order valence-electron chi connectivity index (χ4n) is 0.928. The Morgan fingerprint density at radius 2 is 2.38 bits per heavy atom. The predicted molar refractivity (Wildman–Crippen MR) is 47.5 cm³/mol. The highest BCUT2D eigenvalue weighted by Gasteiger charge is 2.08. The summed E-state index contributed by atoms with van der Waals surface area (Å²) in [5, 5.41) is 17.0. The van der Waals surface area contributed by atoms with Gasteiger partial charge in [0.2, 0.25) is 5.13 Å². The van der Waals surface area contributed by atoms with Crippen molar-refractivity contribution in [2.24, 2.45) is 5.73 Å². The molecular formula is C6H8N6S. The lowest BCUT2D eigenvalue weighted by molar-refractivity contribution is 0.746. The van der Waals surface area contributed by atoms with E-state index in [0.29, 0.717) is 11.7 Å². The summed E-state index contributed by atoms with van der Waals surface area (Å²) in [5.41, 5.74) is 6.32. The summed E-state index contributed by atoms with van der Waals surface area (Å²) in [4.78, 5) is 0. The zero-order valence-electron chi connectivity index (χ0n) is 7.01. The Hall–Kier alpha value is -1.34. The molecule has 0 aliphatic carbocycles. The molecule has 2 heterocycles. The molecule has 0 spiro atoms. The smallest absolute Gasteiger partial charge is 0.234 e. The molecule has 0 atom stereocenters. The molecular weight excluding hydrogens is 188 g/mol. The van der Waals surface area contributed by atoms with Crippen molar-refractivity contribution in [3.63, 3.8) is 0 Å². The molecule has 0 bridgehead atoms. The van der Waals surface area contributed by atoms with Crippen LogP contribution in [0.4, 0.5) is 0 Å². The summed E-state index contributed by atoms with van der Waals surface area (Å²) in [6, 6.07) is 0. The molecule has 7 heteroatoms. The average molecular weight is 196 g/mol. The van der Waals surface area contributed by atoms with Gasteiger partial charge >= 0.3 is 0 Å². The van der Waals surface area contributed by atoms with E-state index in [9.17, 15) is 0 Å². The number of hydrogen-bond acceptors (Lipinski definition) is 6. The predicted octanol–water partition coefficient (Wildman–Crippen LogP) is -0.114. The number of nitrogens with zero attached hydrogens (tertiary/aromatic N) is 5. The zero-order valence-corrected chi connectivity index (χ0v) is 7.82. The molecule has 0 saturated carbocycles. The highest BCUT2D eigenvalue weighted by molar-refractivity contribution is 7.13. The van der Waals surface area contributed by atoms with Gasteiger partial charge in [0, 0.05) is 6.54 Å². The van der Waals surface area contributed by atoms with Crippen molar-refractivity contribution >= 4 is 11.3 Å². The largest absolute Gasteiger partial charge is 0.325 e. The van der Waals surface area contributed by atoms with Crippen LogP contribution in [-0.4, -0.2) is 25.2 Å². The molecule has 0 aliphatic heterocycles. The monoisotopic (exact) mass is 196 g/mol. The van der Waals surface area contributed by atoms with Crippen molar-refractivity contribution in [1.82, 2.24) is 25.2 Å². The lowest BCUT2D eigenvalue weighted by atomic mass is 10.5. The van der Waals surface area contributed by atoms with Gasteiger partial charge in [-0.2, -0.15) is 4.68 Å². The second-order valence-electron chi connectivity index (χ2n) is 2.44. The maximum Gasteiger partial charge on any atom is 0.234 e. The summed E-state index contributed by atoms with van der Waals surface area (Å²) < 4.78 is 1.60. The molecule has 2 aromatic heterocycles. The topological polar surface area (TPSA) is 82.5 Å². The van der Waals surface area contributed by atoms with Crippen molar-refractivity contribution in [2.45, 2.75) is 13.5 Å². The summed E-state index contributed by atoms with van der Waals surface area (Å²) in [6.07, 6.45) is 1.62. The van der Waals surface area contributed by atoms with Crippen LogP contribution < -0.4 is 5.73 Å². The molecule has 0 aromatic carbocycles. The van der Waals surface area contributed by atoms with Gasteiger partial charge in [-0.05, 0) is 6.92 Å². The van der Waals surface area contributed by atoms with Crippen LogP contribution in [0.25, 0.3) is 5.13 Å². The molecule has 0 radical (unpaired) electrons. The average Bonchev–Trinajstić information content (AvgIpc) is 2.71. The minimum atomic E-state index is 0.394. The van der Waals surface area contributed by atoms with E-state index in [4.69, 9.17) is 5.73 Å². The Balaban J connectivity index is 2.45. The first-order chi connectivity index (χ1) is 6.31. The van der Waals surface area contributed by atoms with Crippen LogP contribution in [0.1, 0.15) is 10.7 Å². The Labute approximate surface area is 78.4 Å². The first-order valence-corrected chi connectivity index (χ1v) is 4.53. The van der Waals surface area contributed by atoms with Gasteiger partial charge in [-0.3, -0.25) is 0 Å². The van der Waals surface area contributed by atoms with Gasteiger partial charge in [0.25, 0.3) is 0 Å². The molecule has 2 N–H and O–H groups in total. The first-order valence-electron chi connectivity index (χ1n) is 3.71. The highest BCUT2D eigenvalue weighted by atomic mass is 32.1. The summed E-state index contributed by atoms with van der Waals surface area (Å²) in [7, 11) is 0. The lowest BCUT2D eigenvalue weighted by Gasteiger charge is -1.96. The van der Waals surface area contributed by atoms with Crippen molar-refractivity contribution in [3.05, 3.63) is 16.9 Å². The van der Waals surface area contributed by atoms with Gasteiger partial charge < -0.3 is 5.73 Å². The first kappa shape index (κ1) is 8.27. The minimum Gasteiger partial charge on any atom is -0.325 e. The molecule has 0 unspecified atom stereocenters. The van der Waals surface area contributed by atoms with E-state index in [1.54, 1.807) is 10.9 Å². The normalized spacial score (nSPS) is 10.6. The van der Waals surface area contributed by atoms with Gasteiger partial charge in [0.15, 0.2) is 0 Å². The summed E-state index contributed by atoms with van der Waals surface area (Å²) in [5.74, 6) is 0. The molecule has 0 fully saturated rings. The maximum atomic E-state index is 5.49. The SMILES string of the molecule is Cc1nnc(-n2nncc2CN)s1.